The average Bonchev–Trinajstić information content (AvgIpc) is 3.44. The summed E-state index contributed by atoms with van der Waals surface area (Å²) in [5, 5.41) is 26.8. The third kappa shape index (κ3) is 4.13. The monoisotopic (exact) mass is 341 g/mol. The van der Waals surface area contributed by atoms with Crippen LogP contribution in [0.2, 0.25) is 0 Å². The molecule has 130 valence electrons. The summed E-state index contributed by atoms with van der Waals surface area (Å²) >= 11 is 0. The number of amides is 1. The minimum atomic E-state index is -0.532. The number of aliphatic hydroxyl groups is 1. The van der Waals surface area contributed by atoms with E-state index in [0.717, 1.165) is 18.4 Å². The molecule has 1 fully saturated rings. The molecule has 1 amide bonds. The first-order valence-corrected chi connectivity index (χ1v) is 8.10. The Morgan fingerprint density at radius 1 is 1.24 bits per heavy atom. The second-order valence-corrected chi connectivity index (χ2v) is 6.03. The lowest BCUT2D eigenvalue weighted by molar-refractivity contribution is -0.384. The highest BCUT2D eigenvalue weighted by molar-refractivity contribution is 5.96. The molecule has 2 aromatic rings. The van der Waals surface area contributed by atoms with Gasteiger partial charge in [-0.2, -0.15) is 0 Å². The summed E-state index contributed by atoms with van der Waals surface area (Å²) in [6.45, 7) is -0.217. The largest absolute Gasteiger partial charge is 0.394 e. The van der Waals surface area contributed by atoms with Crippen molar-refractivity contribution in [2.45, 2.75) is 24.9 Å². The molecule has 1 aliphatic carbocycles. The zero-order valence-electron chi connectivity index (χ0n) is 13.5. The SMILES string of the molecule is O=C(NC1CC1)c1ccc(NC(CO)c2ccccc2)c([N+](=O)[O-])c1. The number of nitrogens with zero attached hydrogens (tertiary/aromatic N) is 1. The van der Waals surface area contributed by atoms with Gasteiger partial charge in [-0.15, -0.1) is 0 Å². The minimum Gasteiger partial charge on any atom is -0.394 e. The van der Waals surface area contributed by atoms with Gasteiger partial charge >= 0.3 is 0 Å². The predicted molar refractivity (Wildman–Crippen MR) is 93.5 cm³/mol. The molecule has 7 nitrogen and oxygen atoms in total. The molecule has 0 aromatic heterocycles. The molecule has 0 spiro atoms. The van der Waals surface area contributed by atoms with Crippen molar-refractivity contribution in [2.75, 3.05) is 11.9 Å². The molecular weight excluding hydrogens is 322 g/mol. The maximum Gasteiger partial charge on any atom is 0.293 e. The Labute approximate surface area is 144 Å². The van der Waals surface area contributed by atoms with Crippen LogP contribution in [-0.2, 0) is 0 Å². The molecule has 1 atom stereocenters. The lowest BCUT2D eigenvalue weighted by Gasteiger charge is -2.18. The lowest BCUT2D eigenvalue weighted by atomic mass is 10.1. The Kier molecular flexibility index (Phi) is 4.95. The molecule has 0 radical (unpaired) electrons. The molecule has 0 saturated heterocycles. The van der Waals surface area contributed by atoms with E-state index in [-0.39, 0.29) is 35.5 Å². The van der Waals surface area contributed by atoms with Crippen molar-refractivity contribution in [1.29, 1.82) is 0 Å². The molecule has 1 aliphatic rings. The van der Waals surface area contributed by atoms with Crippen molar-refractivity contribution in [3.05, 3.63) is 69.8 Å². The zero-order valence-corrected chi connectivity index (χ0v) is 13.5. The fraction of sp³-hybridized carbons (Fsp3) is 0.278. The van der Waals surface area contributed by atoms with Crippen molar-refractivity contribution in [1.82, 2.24) is 5.32 Å². The Morgan fingerprint density at radius 2 is 1.96 bits per heavy atom. The molecule has 0 aliphatic heterocycles. The molecule has 0 bridgehead atoms. The van der Waals surface area contributed by atoms with Gasteiger partial charge in [-0.3, -0.25) is 14.9 Å². The van der Waals surface area contributed by atoms with E-state index in [2.05, 4.69) is 10.6 Å². The molecule has 0 heterocycles. The number of nitro benzene ring substituents is 1. The van der Waals surface area contributed by atoms with E-state index in [1.807, 2.05) is 30.3 Å². The van der Waals surface area contributed by atoms with Crippen LogP contribution in [0.3, 0.4) is 0 Å². The standard InChI is InChI=1S/C18H19N3O4/c22-11-16(12-4-2-1-3-5-12)20-15-9-6-13(10-17(15)21(24)25)18(23)19-14-7-8-14/h1-6,9-10,14,16,20,22H,7-8,11H2,(H,19,23). The smallest absolute Gasteiger partial charge is 0.293 e. The number of hydrogen-bond donors (Lipinski definition) is 3. The quantitative estimate of drug-likeness (QED) is 0.530. The first-order valence-electron chi connectivity index (χ1n) is 8.10. The van der Waals surface area contributed by atoms with Gasteiger partial charge in [0.15, 0.2) is 0 Å². The van der Waals surface area contributed by atoms with Crippen LogP contribution >= 0.6 is 0 Å². The number of rotatable bonds is 7. The van der Waals surface area contributed by atoms with Crippen LogP contribution in [0.15, 0.2) is 48.5 Å². The van der Waals surface area contributed by atoms with E-state index in [1.165, 1.54) is 12.1 Å². The number of nitrogens with one attached hydrogen (secondary N) is 2. The maximum atomic E-state index is 12.1. The lowest BCUT2D eigenvalue weighted by Crippen LogP contribution is -2.25. The second-order valence-electron chi connectivity index (χ2n) is 6.03. The van der Waals surface area contributed by atoms with Gasteiger partial charge in [0.1, 0.15) is 5.69 Å². The highest BCUT2D eigenvalue weighted by Crippen LogP contribution is 2.30. The molecule has 1 saturated carbocycles. The summed E-state index contributed by atoms with van der Waals surface area (Å²) in [5.41, 5.74) is 1.13. The molecule has 2 aromatic carbocycles. The summed E-state index contributed by atoms with van der Waals surface area (Å²) in [4.78, 5) is 23.0. The van der Waals surface area contributed by atoms with E-state index in [0.29, 0.717) is 0 Å². The number of hydrogen-bond acceptors (Lipinski definition) is 5. The first-order chi connectivity index (χ1) is 12.1. The zero-order chi connectivity index (χ0) is 17.8. The van der Waals surface area contributed by atoms with Crippen molar-refractivity contribution in [2.24, 2.45) is 0 Å². The van der Waals surface area contributed by atoms with Gasteiger partial charge in [0.2, 0.25) is 0 Å². The van der Waals surface area contributed by atoms with Crippen LogP contribution in [0.4, 0.5) is 11.4 Å². The van der Waals surface area contributed by atoms with Crippen LogP contribution < -0.4 is 10.6 Å². The molecule has 3 N–H and O–H groups in total. The molecule has 25 heavy (non-hydrogen) atoms. The number of carbonyl (C=O) groups is 1. The van der Waals surface area contributed by atoms with Gasteiger partial charge in [-0.05, 0) is 30.5 Å². The van der Waals surface area contributed by atoms with Gasteiger partial charge < -0.3 is 15.7 Å². The number of aliphatic hydroxyl groups excluding tert-OH is 1. The van der Waals surface area contributed by atoms with Crippen molar-refractivity contribution >= 4 is 17.3 Å². The van der Waals surface area contributed by atoms with Gasteiger partial charge in [-0.25, -0.2) is 0 Å². The number of nitro groups is 1. The fourth-order valence-electron chi connectivity index (χ4n) is 2.55. The molecule has 3 rings (SSSR count). The summed E-state index contributed by atoms with van der Waals surface area (Å²) in [6.07, 6.45) is 1.89. The fourth-order valence-corrected chi connectivity index (χ4v) is 2.55. The van der Waals surface area contributed by atoms with Crippen molar-refractivity contribution < 1.29 is 14.8 Å². The van der Waals surface area contributed by atoms with E-state index >= 15 is 0 Å². The third-order valence-corrected chi connectivity index (χ3v) is 4.08. The molecule has 7 heteroatoms. The summed E-state index contributed by atoms with van der Waals surface area (Å²) < 4.78 is 0. The van der Waals surface area contributed by atoms with Gasteiger partial charge in [0.25, 0.3) is 11.6 Å². The van der Waals surface area contributed by atoms with Gasteiger partial charge in [0.05, 0.1) is 17.6 Å². The summed E-state index contributed by atoms with van der Waals surface area (Å²) in [5.74, 6) is -0.307. The van der Waals surface area contributed by atoms with E-state index in [4.69, 9.17) is 0 Å². The van der Waals surface area contributed by atoms with Crippen LogP contribution in [0.1, 0.15) is 34.8 Å². The van der Waals surface area contributed by atoms with E-state index in [9.17, 15) is 20.0 Å². The van der Waals surface area contributed by atoms with Crippen LogP contribution in [-0.4, -0.2) is 28.6 Å². The average molecular weight is 341 g/mol. The van der Waals surface area contributed by atoms with Crippen LogP contribution in [0.5, 0.6) is 0 Å². The maximum absolute atomic E-state index is 12.1. The Balaban J connectivity index is 1.84. The number of anilines is 1. The summed E-state index contributed by atoms with van der Waals surface area (Å²) in [7, 11) is 0. The molecule has 1 unspecified atom stereocenters. The highest BCUT2D eigenvalue weighted by Gasteiger charge is 2.25. The predicted octanol–water partition coefficient (Wildman–Crippen LogP) is 2.63. The Morgan fingerprint density at radius 3 is 2.56 bits per heavy atom. The Hall–Kier alpha value is -2.93. The van der Waals surface area contributed by atoms with Crippen LogP contribution in [0.25, 0.3) is 0 Å². The summed E-state index contributed by atoms with van der Waals surface area (Å²) in [6, 6.07) is 13.2. The topological polar surface area (TPSA) is 104 Å². The third-order valence-electron chi connectivity index (χ3n) is 4.08. The molecular formula is C18H19N3O4. The Bertz CT molecular complexity index is 775. The normalized spacial score (nSPS) is 14.6. The first kappa shape index (κ1) is 16.9. The van der Waals surface area contributed by atoms with E-state index < -0.39 is 11.0 Å². The highest BCUT2D eigenvalue weighted by atomic mass is 16.6. The number of carbonyl (C=O) groups excluding carboxylic acids is 1. The second kappa shape index (κ2) is 7.31. The van der Waals surface area contributed by atoms with Crippen molar-refractivity contribution in [3.63, 3.8) is 0 Å². The van der Waals surface area contributed by atoms with Gasteiger partial charge in [0, 0.05) is 17.7 Å². The van der Waals surface area contributed by atoms with Crippen LogP contribution in [0, 0.1) is 10.1 Å². The number of benzene rings is 2. The minimum absolute atomic E-state index is 0.182. The van der Waals surface area contributed by atoms with Crippen molar-refractivity contribution in [3.8, 4) is 0 Å². The van der Waals surface area contributed by atoms with E-state index in [1.54, 1.807) is 6.07 Å². The van der Waals surface area contributed by atoms with Gasteiger partial charge in [-0.1, -0.05) is 30.3 Å².